The second-order valence-corrected chi connectivity index (χ2v) is 5.08. The Morgan fingerprint density at radius 3 is 2.95 bits per heavy atom. The molecule has 1 atom stereocenters. The maximum Gasteiger partial charge on any atom is 0.416 e. The summed E-state index contributed by atoms with van der Waals surface area (Å²) in [5.74, 6) is 0.762. The Hall–Kier alpha value is -1.30. The minimum absolute atomic E-state index is 0.294. The van der Waals surface area contributed by atoms with Crippen LogP contribution in [0.25, 0.3) is 0 Å². The van der Waals surface area contributed by atoms with Crippen molar-refractivity contribution in [3.8, 4) is 0 Å². The lowest BCUT2D eigenvalue weighted by Crippen LogP contribution is -2.35. The Bertz CT molecular complexity index is 420. The lowest BCUT2D eigenvalue weighted by Gasteiger charge is -2.29. The number of hydrogen-bond donors (Lipinski definition) is 1. The molecule has 0 amide bonds. The molecule has 0 saturated carbocycles. The summed E-state index contributed by atoms with van der Waals surface area (Å²) in [5, 5.41) is 3.01. The van der Waals surface area contributed by atoms with Gasteiger partial charge in [0.25, 0.3) is 0 Å². The van der Waals surface area contributed by atoms with Crippen LogP contribution in [0.3, 0.4) is 0 Å². The Labute approximate surface area is 110 Å². The Morgan fingerprint density at radius 1 is 1.47 bits per heavy atom. The number of halogens is 3. The zero-order chi connectivity index (χ0) is 13.9. The zero-order valence-electron chi connectivity index (χ0n) is 10.9. The van der Waals surface area contributed by atoms with Crippen LogP contribution in [0.4, 0.5) is 19.0 Å². The lowest BCUT2D eigenvalue weighted by atomic mass is 9.98. The van der Waals surface area contributed by atoms with E-state index in [1.165, 1.54) is 6.20 Å². The van der Waals surface area contributed by atoms with E-state index in [0.717, 1.165) is 38.1 Å². The SMILES string of the molecule is CN1CCCC(CNc2cc(C(F)(F)F)ccn2)C1. The molecule has 0 aromatic carbocycles. The van der Waals surface area contributed by atoms with E-state index >= 15 is 0 Å². The summed E-state index contributed by atoms with van der Waals surface area (Å²) in [5.41, 5.74) is -0.661. The zero-order valence-corrected chi connectivity index (χ0v) is 10.9. The van der Waals surface area contributed by atoms with Gasteiger partial charge >= 0.3 is 6.18 Å². The monoisotopic (exact) mass is 273 g/mol. The standard InChI is InChI=1S/C13H18F3N3/c1-19-6-2-3-10(9-19)8-18-12-7-11(4-5-17-12)13(14,15)16/h4-5,7,10H,2-3,6,8-9H2,1H3,(H,17,18). The predicted octanol–water partition coefficient (Wildman–Crippen LogP) is 2.85. The Morgan fingerprint density at radius 2 is 2.26 bits per heavy atom. The molecule has 1 aliphatic rings. The molecule has 0 radical (unpaired) electrons. The van der Waals surface area contributed by atoms with Gasteiger partial charge in [-0.25, -0.2) is 4.98 Å². The average Bonchev–Trinajstić information content (AvgIpc) is 2.36. The largest absolute Gasteiger partial charge is 0.416 e. The molecule has 2 rings (SSSR count). The predicted molar refractivity (Wildman–Crippen MR) is 67.9 cm³/mol. The van der Waals surface area contributed by atoms with E-state index in [9.17, 15) is 13.2 Å². The molecule has 1 aromatic heterocycles. The third-order valence-corrected chi connectivity index (χ3v) is 3.38. The molecule has 1 aromatic rings. The van der Waals surface area contributed by atoms with Gasteiger partial charge in [-0.2, -0.15) is 13.2 Å². The maximum absolute atomic E-state index is 12.6. The number of nitrogens with one attached hydrogen (secondary N) is 1. The number of nitrogens with zero attached hydrogens (tertiary/aromatic N) is 2. The van der Waals surface area contributed by atoms with E-state index in [1.807, 2.05) is 0 Å². The molecule has 1 N–H and O–H groups in total. The van der Waals surface area contributed by atoms with Crippen molar-refractivity contribution in [2.75, 3.05) is 32.0 Å². The quantitative estimate of drug-likeness (QED) is 0.918. The molecule has 1 aliphatic heterocycles. The molecule has 6 heteroatoms. The Kier molecular flexibility index (Phi) is 4.29. The third kappa shape index (κ3) is 4.09. The minimum Gasteiger partial charge on any atom is -0.370 e. The van der Waals surface area contributed by atoms with Gasteiger partial charge in [0, 0.05) is 19.3 Å². The summed E-state index contributed by atoms with van der Waals surface area (Å²) < 4.78 is 37.7. The van der Waals surface area contributed by atoms with Gasteiger partial charge in [0.2, 0.25) is 0 Å². The molecule has 0 aliphatic carbocycles. The number of rotatable bonds is 3. The number of piperidine rings is 1. The molecular weight excluding hydrogens is 255 g/mol. The first-order valence-electron chi connectivity index (χ1n) is 6.41. The number of anilines is 1. The summed E-state index contributed by atoms with van der Waals surface area (Å²) in [6, 6.07) is 2.05. The van der Waals surface area contributed by atoms with Crippen LogP contribution in [0.2, 0.25) is 0 Å². The van der Waals surface area contributed by atoms with E-state index in [2.05, 4.69) is 22.2 Å². The van der Waals surface area contributed by atoms with Crippen molar-refractivity contribution in [1.29, 1.82) is 0 Å². The summed E-state index contributed by atoms with van der Waals surface area (Å²) in [4.78, 5) is 6.18. The summed E-state index contributed by atoms with van der Waals surface area (Å²) >= 11 is 0. The fraction of sp³-hybridized carbons (Fsp3) is 0.615. The molecular formula is C13H18F3N3. The van der Waals surface area contributed by atoms with E-state index in [1.54, 1.807) is 0 Å². The molecule has 3 nitrogen and oxygen atoms in total. The van der Waals surface area contributed by atoms with Gasteiger partial charge in [-0.3, -0.25) is 0 Å². The van der Waals surface area contributed by atoms with Crippen molar-refractivity contribution in [3.63, 3.8) is 0 Å². The lowest BCUT2D eigenvalue weighted by molar-refractivity contribution is -0.137. The first-order chi connectivity index (χ1) is 8.95. The van der Waals surface area contributed by atoms with E-state index in [-0.39, 0.29) is 0 Å². The highest BCUT2D eigenvalue weighted by Gasteiger charge is 2.30. The van der Waals surface area contributed by atoms with Crippen molar-refractivity contribution in [3.05, 3.63) is 23.9 Å². The topological polar surface area (TPSA) is 28.2 Å². The van der Waals surface area contributed by atoms with Gasteiger partial charge in [0.15, 0.2) is 0 Å². The maximum atomic E-state index is 12.6. The minimum atomic E-state index is -4.32. The van der Waals surface area contributed by atoms with E-state index < -0.39 is 11.7 Å². The van der Waals surface area contributed by atoms with Crippen molar-refractivity contribution < 1.29 is 13.2 Å². The summed E-state index contributed by atoms with van der Waals surface area (Å²) in [7, 11) is 2.06. The van der Waals surface area contributed by atoms with Crippen LogP contribution in [0.1, 0.15) is 18.4 Å². The number of aromatic nitrogens is 1. The normalized spacial score (nSPS) is 21.4. The first kappa shape index (κ1) is 14.1. The van der Waals surface area contributed by atoms with Crippen molar-refractivity contribution >= 4 is 5.82 Å². The molecule has 1 fully saturated rings. The van der Waals surface area contributed by atoms with Gasteiger partial charge in [-0.05, 0) is 44.5 Å². The van der Waals surface area contributed by atoms with Crippen LogP contribution in [0, 0.1) is 5.92 Å². The third-order valence-electron chi connectivity index (χ3n) is 3.38. The van der Waals surface area contributed by atoms with Crippen LogP contribution in [-0.4, -0.2) is 36.6 Å². The Balaban J connectivity index is 1.92. The second kappa shape index (κ2) is 5.77. The van der Waals surface area contributed by atoms with Crippen LogP contribution in [0.15, 0.2) is 18.3 Å². The van der Waals surface area contributed by atoms with Gasteiger partial charge < -0.3 is 10.2 Å². The molecule has 0 bridgehead atoms. The fourth-order valence-electron chi connectivity index (χ4n) is 2.39. The highest BCUT2D eigenvalue weighted by molar-refractivity contribution is 5.38. The van der Waals surface area contributed by atoms with Crippen LogP contribution >= 0.6 is 0 Å². The number of hydrogen-bond acceptors (Lipinski definition) is 3. The van der Waals surface area contributed by atoms with Crippen LogP contribution < -0.4 is 5.32 Å². The van der Waals surface area contributed by atoms with Gasteiger partial charge in [0.05, 0.1) is 5.56 Å². The molecule has 1 unspecified atom stereocenters. The van der Waals surface area contributed by atoms with Gasteiger partial charge in [0.1, 0.15) is 5.82 Å². The molecule has 19 heavy (non-hydrogen) atoms. The first-order valence-corrected chi connectivity index (χ1v) is 6.41. The smallest absolute Gasteiger partial charge is 0.370 e. The van der Waals surface area contributed by atoms with Crippen molar-refractivity contribution in [2.24, 2.45) is 5.92 Å². The molecule has 2 heterocycles. The second-order valence-electron chi connectivity index (χ2n) is 5.08. The van der Waals surface area contributed by atoms with Gasteiger partial charge in [-0.15, -0.1) is 0 Å². The van der Waals surface area contributed by atoms with Crippen molar-refractivity contribution in [2.45, 2.75) is 19.0 Å². The highest BCUT2D eigenvalue weighted by atomic mass is 19.4. The number of pyridine rings is 1. The number of likely N-dealkylation sites (tertiary alicyclic amines) is 1. The van der Waals surface area contributed by atoms with Crippen LogP contribution in [0.5, 0.6) is 0 Å². The van der Waals surface area contributed by atoms with Crippen LogP contribution in [-0.2, 0) is 6.18 Å². The van der Waals surface area contributed by atoms with E-state index in [0.29, 0.717) is 18.3 Å². The number of alkyl halides is 3. The fourth-order valence-corrected chi connectivity index (χ4v) is 2.39. The summed E-state index contributed by atoms with van der Waals surface area (Å²) in [6.07, 6.45) is -0.877. The van der Waals surface area contributed by atoms with E-state index in [4.69, 9.17) is 0 Å². The molecule has 1 saturated heterocycles. The van der Waals surface area contributed by atoms with Gasteiger partial charge in [-0.1, -0.05) is 0 Å². The average molecular weight is 273 g/mol. The molecule has 0 spiro atoms. The molecule has 106 valence electrons. The summed E-state index contributed by atoms with van der Waals surface area (Å²) in [6.45, 7) is 2.74. The highest BCUT2D eigenvalue weighted by Crippen LogP contribution is 2.30. The van der Waals surface area contributed by atoms with Crippen molar-refractivity contribution in [1.82, 2.24) is 9.88 Å².